The minimum atomic E-state index is -0.284. The molecule has 0 unspecified atom stereocenters. The Morgan fingerprint density at radius 2 is 1.97 bits per heavy atom. The van der Waals surface area contributed by atoms with Crippen LogP contribution in [0.25, 0.3) is 0 Å². The van der Waals surface area contributed by atoms with Crippen molar-refractivity contribution in [3.05, 3.63) is 76.9 Å². The summed E-state index contributed by atoms with van der Waals surface area (Å²) in [5, 5.41) is 31.6. The van der Waals surface area contributed by atoms with Gasteiger partial charge in [-0.1, -0.05) is 24.3 Å². The Balaban J connectivity index is 1.71. The van der Waals surface area contributed by atoms with Gasteiger partial charge in [-0.2, -0.15) is 5.26 Å². The molecule has 0 amide bonds. The molecule has 0 bridgehead atoms. The highest BCUT2D eigenvalue weighted by Gasteiger charge is 2.34. The number of tetrazole rings is 1. The van der Waals surface area contributed by atoms with Crippen LogP contribution in [0.4, 0.5) is 4.39 Å². The van der Waals surface area contributed by atoms with Crippen LogP contribution in [-0.4, -0.2) is 44.5 Å². The molecule has 3 aromatic rings. The number of aliphatic hydroxyl groups excluding tert-OH is 1. The molecule has 2 N–H and O–H groups in total. The Morgan fingerprint density at radius 1 is 1.21 bits per heavy atom. The number of rotatable bonds is 5. The first kappa shape index (κ1) is 19.2. The lowest BCUT2D eigenvalue weighted by molar-refractivity contribution is -0.932. The number of aliphatic hydroxyl groups is 1. The Bertz CT molecular complexity index is 1000. The molecule has 29 heavy (non-hydrogen) atoms. The van der Waals surface area contributed by atoms with Crippen LogP contribution in [-0.2, 0) is 6.54 Å². The van der Waals surface area contributed by atoms with Crippen molar-refractivity contribution >= 4 is 0 Å². The highest BCUT2D eigenvalue weighted by molar-refractivity contribution is 5.35. The van der Waals surface area contributed by atoms with E-state index in [-0.39, 0.29) is 18.0 Å². The highest BCUT2D eigenvalue weighted by atomic mass is 19.1. The van der Waals surface area contributed by atoms with Crippen molar-refractivity contribution in [2.45, 2.75) is 31.5 Å². The number of halogens is 1. The quantitative estimate of drug-likeness (QED) is 0.671. The summed E-state index contributed by atoms with van der Waals surface area (Å²) < 4.78 is 15.0. The lowest BCUT2D eigenvalue weighted by Gasteiger charge is -2.32. The standard InChI is InChI=1S/C21H21FN6O/c22-18-6-4-15(5-7-18)14-28-21(24-25-26-28)20(27-10-8-19(29)9-11-27)17-3-1-2-16(12-17)13-23/h1-7,12,19-20,29H,8-11,14H2/p+1/t20-/m0/s1. The summed E-state index contributed by atoms with van der Waals surface area (Å²) in [6.45, 7) is 1.99. The van der Waals surface area contributed by atoms with Crippen LogP contribution in [0.5, 0.6) is 0 Å². The number of likely N-dealkylation sites (tertiary alicyclic amines) is 1. The third-order valence-electron chi connectivity index (χ3n) is 5.42. The molecule has 1 atom stereocenters. The fraction of sp³-hybridized carbons (Fsp3) is 0.333. The largest absolute Gasteiger partial charge is 0.393 e. The minimum Gasteiger partial charge on any atom is -0.393 e. The van der Waals surface area contributed by atoms with E-state index in [4.69, 9.17) is 0 Å². The number of nitrogens with one attached hydrogen (secondary N) is 1. The predicted octanol–water partition coefficient (Wildman–Crippen LogP) is 0.861. The van der Waals surface area contributed by atoms with Crippen LogP contribution in [0.2, 0.25) is 0 Å². The molecule has 4 rings (SSSR count). The summed E-state index contributed by atoms with van der Waals surface area (Å²) in [5.74, 6) is 0.406. The number of benzene rings is 2. The van der Waals surface area contributed by atoms with E-state index in [1.165, 1.54) is 17.0 Å². The smallest absolute Gasteiger partial charge is 0.214 e. The van der Waals surface area contributed by atoms with E-state index in [9.17, 15) is 14.8 Å². The van der Waals surface area contributed by atoms with Crippen LogP contribution in [0.15, 0.2) is 48.5 Å². The summed E-state index contributed by atoms with van der Waals surface area (Å²) in [6.07, 6.45) is 1.15. The first-order valence-corrected chi connectivity index (χ1v) is 9.67. The van der Waals surface area contributed by atoms with Gasteiger partial charge in [-0.3, -0.25) is 0 Å². The lowest BCUT2D eigenvalue weighted by Crippen LogP contribution is -3.13. The van der Waals surface area contributed by atoms with E-state index in [0.29, 0.717) is 30.8 Å². The van der Waals surface area contributed by atoms with Crippen LogP contribution >= 0.6 is 0 Å². The molecule has 8 heteroatoms. The number of aromatic nitrogens is 4. The average Bonchev–Trinajstić information content (AvgIpc) is 3.19. The van der Waals surface area contributed by atoms with Gasteiger partial charge in [-0.15, -0.1) is 5.10 Å². The van der Waals surface area contributed by atoms with Gasteiger partial charge in [0.2, 0.25) is 5.82 Å². The van der Waals surface area contributed by atoms with Crippen LogP contribution in [0.3, 0.4) is 0 Å². The SMILES string of the molecule is N#Cc1cccc([C@@H](c2nnnn2Cc2ccc(F)cc2)[NH+]2CCC(O)CC2)c1. The summed E-state index contributed by atoms with van der Waals surface area (Å²) in [4.78, 5) is 1.25. The van der Waals surface area contributed by atoms with Crippen molar-refractivity contribution < 1.29 is 14.4 Å². The topological polar surface area (TPSA) is 92.1 Å². The number of quaternary nitrogens is 1. The molecule has 0 saturated carbocycles. The van der Waals surface area contributed by atoms with Crippen molar-refractivity contribution in [1.82, 2.24) is 20.2 Å². The van der Waals surface area contributed by atoms with Crippen LogP contribution < -0.4 is 4.90 Å². The molecule has 1 saturated heterocycles. The van der Waals surface area contributed by atoms with Gasteiger partial charge in [0.1, 0.15) is 5.82 Å². The number of nitrogens with zero attached hydrogens (tertiary/aromatic N) is 5. The summed E-state index contributed by atoms with van der Waals surface area (Å²) in [6, 6.07) is 15.8. The maximum atomic E-state index is 13.2. The Morgan fingerprint density at radius 3 is 2.69 bits per heavy atom. The molecule has 0 radical (unpaired) electrons. The van der Waals surface area contributed by atoms with E-state index < -0.39 is 0 Å². The number of piperidine rings is 1. The van der Waals surface area contributed by atoms with E-state index in [0.717, 1.165) is 24.2 Å². The number of hydrogen-bond acceptors (Lipinski definition) is 5. The van der Waals surface area contributed by atoms with Crippen molar-refractivity contribution in [1.29, 1.82) is 5.26 Å². The second-order valence-electron chi connectivity index (χ2n) is 7.38. The van der Waals surface area contributed by atoms with Gasteiger partial charge in [0.15, 0.2) is 6.04 Å². The molecule has 1 fully saturated rings. The second-order valence-corrected chi connectivity index (χ2v) is 7.38. The molecule has 1 aliphatic rings. The van der Waals surface area contributed by atoms with Crippen LogP contribution in [0.1, 0.15) is 41.4 Å². The molecule has 148 valence electrons. The summed E-state index contributed by atoms with van der Waals surface area (Å²) >= 11 is 0. The zero-order chi connectivity index (χ0) is 20.2. The summed E-state index contributed by atoms with van der Waals surface area (Å²) in [5.41, 5.74) is 2.45. The van der Waals surface area contributed by atoms with E-state index in [1.807, 2.05) is 18.2 Å². The van der Waals surface area contributed by atoms with Gasteiger partial charge in [0.25, 0.3) is 0 Å². The first-order chi connectivity index (χ1) is 14.1. The molecular weight excluding hydrogens is 371 g/mol. The number of nitriles is 1. The predicted molar refractivity (Wildman–Crippen MR) is 102 cm³/mol. The number of hydrogen-bond donors (Lipinski definition) is 2. The molecule has 0 aliphatic carbocycles. The third-order valence-corrected chi connectivity index (χ3v) is 5.42. The van der Waals surface area contributed by atoms with Gasteiger partial charge in [-0.25, -0.2) is 9.07 Å². The Labute approximate surface area is 168 Å². The Hall–Kier alpha value is -3.15. The zero-order valence-corrected chi connectivity index (χ0v) is 15.9. The van der Waals surface area contributed by atoms with E-state index >= 15 is 0 Å². The van der Waals surface area contributed by atoms with Gasteiger partial charge >= 0.3 is 0 Å². The molecule has 1 aliphatic heterocycles. The Kier molecular flexibility index (Phi) is 5.60. The average molecular weight is 393 g/mol. The van der Waals surface area contributed by atoms with Gasteiger partial charge in [0.05, 0.1) is 37.4 Å². The van der Waals surface area contributed by atoms with E-state index in [2.05, 4.69) is 21.6 Å². The van der Waals surface area contributed by atoms with Crippen molar-refractivity contribution in [2.75, 3.05) is 13.1 Å². The molecule has 7 nitrogen and oxygen atoms in total. The molecule has 1 aromatic heterocycles. The molecule has 2 heterocycles. The fourth-order valence-corrected chi connectivity index (χ4v) is 3.91. The molecular formula is C21H22FN6O+. The minimum absolute atomic E-state index is 0.161. The first-order valence-electron chi connectivity index (χ1n) is 9.67. The van der Waals surface area contributed by atoms with Crippen molar-refractivity contribution in [3.63, 3.8) is 0 Å². The second kappa shape index (κ2) is 8.47. The van der Waals surface area contributed by atoms with Crippen molar-refractivity contribution in [2.24, 2.45) is 0 Å². The normalized spacial score (nSPS) is 20.2. The zero-order valence-electron chi connectivity index (χ0n) is 15.9. The maximum Gasteiger partial charge on any atom is 0.214 e. The van der Waals surface area contributed by atoms with Gasteiger partial charge in [0, 0.05) is 18.4 Å². The van der Waals surface area contributed by atoms with Crippen LogP contribution in [0, 0.1) is 17.1 Å². The molecule has 2 aromatic carbocycles. The lowest BCUT2D eigenvalue weighted by atomic mass is 9.98. The fourth-order valence-electron chi connectivity index (χ4n) is 3.91. The molecule has 0 spiro atoms. The maximum absolute atomic E-state index is 13.2. The van der Waals surface area contributed by atoms with Crippen molar-refractivity contribution in [3.8, 4) is 6.07 Å². The third kappa shape index (κ3) is 4.31. The summed E-state index contributed by atoms with van der Waals surface area (Å²) in [7, 11) is 0. The van der Waals surface area contributed by atoms with Gasteiger partial charge in [-0.05, 0) is 40.3 Å². The van der Waals surface area contributed by atoms with Gasteiger partial charge < -0.3 is 10.0 Å². The van der Waals surface area contributed by atoms with E-state index in [1.54, 1.807) is 22.9 Å². The highest BCUT2D eigenvalue weighted by Crippen LogP contribution is 2.20. The monoisotopic (exact) mass is 393 g/mol.